The van der Waals surface area contributed by atoms with Gasteiger partial charge >= 0.3 is 5.97 Å². The van der Waals surface area contributed by atoms with Crippen molar-refractivity contribution in [1.29, 1.82) is 0 Å². The van der Waals surface area contributed by atoms with Gasteiger partial charge in [0.05, 0.1) is 6.42 Å². The molecule has 16 heavy (non-hydrogen) atoms. The first-order chi connectivity index (χ1) is 7.47. The van der Waals surface area contributed by atoms with E-state index in [-0.39, 0.29) is 6.54 Å². The van der Waals surface area contributed by atoms with Crippen molar-refractivity contribution in [2.45, 2.75) is 12.3 Å². The topological polar surface area (TPSA) is 63.3 Å². The molecule has 0 heterocycles. The maximum atomic E-state index is 13.3. The Morgan fingerprint density at radius 2 is 1.88 bits per heavy atom. The highest BCUT2D eigenvalue weighted by Crippen LogP contribution is 2.26. The second-order valence-corrected chi connectivity index (χ2v) is 3.29. The molecule has 1 rings (SSSR count). The Labute approximate surface area is 89.7 Å². The molecule has 0 radical (unpaired) electrons. The fourth-order valence-electron chi connectivity index (χ4n) is 1.43. The third-order valence-electron chi connectivity index (χ3n) is 2.19. The summed E-state index contributed by atoms with van der Waals surface area (Å²) in [5.41, 5.74) is 4.62. The second-order valence-electron chi connectivity index (χ2n) is 3.29. The summed E-state index contributed by atoms with van der Waals surface area (Å²) in [6, 6.07) is 1.39. The van der Waals surface area contributed by atoms with Gasteiger partial charge in [-0.25, -0.2) is 13.2 Å². The van der Waals surface area contributed by atoms with Crippen molar-refractivity contribution in [3.05, 3.63) is 35.1 Å². The number of hydrogen-bond acceptors (Lipinski definition) is 2. The van der Waals surface area contributed by atoms with Crippen LogP contribution in [0.5, 0.6) is 0 Å². The Morgan fingerprint density at radius 3 is 2.38 bits per heavy atom. The highest BCUT2D eigenvalue weighted by molar-refractivity contribution is 5.68. The van der Waals surface area contributed by atoms with Crippen LogP contribution in [-0.4, -0.2) is 17.6 Å². The lowest BCUT2D eigenvalue weighted by atomic mass is 9.94. The molecule has 0 saturated carbocycles. The smallest absolute Gasteiger partial charge is 0.304 e. The number of aliphatic carboxylic acids is 1. The maximum Gasteiger partial charge on any atom is 0.304 e. The van der Waals surface area contributed by atoms with Gasteiger partial charge in [0.15, 0.2) is 11.6 Å². The minimum Gasteiger partial charge on any atom is -0.481 e. The van der Waals surface area contributed by atoms with Gasteiger partial charge < -0.3 is 10.8 Å². The van der Waals surface area contributed by atoms with Crippen LogP contribution in [0.3, 0.4) is 0 Å². The van der Waals surface area contributed by atoms with Gasteiger partial charge in [-0.3, -0.25) is 4.79 Å². The molecule has 0 aliphatic heterocycles. The SMILES string of the molecule is NCC(CC(=O)O)c1c(F)ccc(F)c1F. The summed E-state index contributed by atoms with van der Waals surface area (Å²) in [5, 5.41) is 8.53. The fraction of sp³-hybridized carbons (Fsp3) is 0.300. The van der Waals surface area contributed by atoms with Crippen LogP contribution in [0.4, 0.5) is 13.2 Å². The first-order valence-electron chi connectivity index (χ1n) is 4.52. The monoisotopic (exact) mass is 233 g/mol. The molecular weight excluding hydrogens is 223 g/mol. The molecule has 1 aromatic rings. The number of halogens is 3. The highest BCUT2D eigenvalue weighted by Gasteiger charge is 2.23. The Morgan fingerprint density at radius 1 is 1.31 bits per heavy atom. The standard InChI is InChI=1S/C10H10F3NO2/c11-6-1-2-7(12)10(13)9(6)5(4-14)3-8(15)16/h1-2,5H,3-4,14H2,(H,15,16). The van der Waals surface area contributed by atoms with E-state index < -0.39 is 41.3 Å². The summed E-state index contributed by atoms with van der Waals surface area (Å²) < 4.78 is 39.4. The zero-order valence-corrected chi connectivity index (χ0v) is 8.21. The lowest BCUT2D eigenvalue weighted by Gasteiger charge is -2.14. The highest BCUT2D eigenvalue weighted by atomic mass is 19.2. The van der Waals surface area contributed by atoms with Crippen LogP contribution < -0.4 is 5.73 Å². The molecule has 0 aromatic heterocycles. The van der Waals surface area contributed by atoms with E-state index in [1.54, 1.807) is 0 Å². The Balaban J connectivity index is 3.18. The maximum absolute atomic E-state index is 13.3. The van der Waals surface area contributed by atoms with Crippen molar-refractivity contribution < 1.29 is 23.1 Å². The van der Waals surface area contributed by atoms with Crippen molar-refractivity contribution in [3.63, 3.8) is 0 Å². The van der Waals surface area contributed by atoms with E-state index in [2.05, 4.69) is 0 Å². The zero-order valence-electron chi connectivity index (χ0n) is 8.21. The molecule has 0 aliphatic carbocycles. The predicted molar refractivity (Wildman–Crippen MR) is 50.4 cm³/mol. The van der Waals surface area contributed by atoms with Gasteiger partial charge in [-0.2, -0.15) is 0 Å². The van der Waals surface area contributed by atoms with Crippen LogP contribution in [0.25, 0.3) is 0 Å². The van der Waals surface area contributed by atoms with Gasteiger partial charge in [-0.05, 0) is 18.7 Å². The van der Waals surface area contributed by atoms with Crippen molar-refractivity contribution in [1.82, 2.24) is 0 Å². The summed E-state index contributed by atoms with van der Waals surface area (Å²) >= 11 is 0. The van der Waals surface area contributed by atoms with E-state index in [9.17, 15) is 18.0 Å². The first-order valence-corrected chi connectivity index (χ1v) is 4.52. The quantitative estimate of drug-likeness (QED) is 0.777. The summed E-state index contributed by atoms with van der Waals surface area (Å²) in [6.07, 6.45) is -0.548. The summed E-state index contributed by atoms with van der Waals surface area (Å²) in [6.45, 7) is -0.274. The Kier molecular flexibility index (Phi) is 3.89. The molecule has 0 amide bonds. The molecule has 0 aliphatic rings. The van der Waals surface area contributed by atoms with Gasteiger partial charge in [0.1, 0.15) is 5.82 Å². The molecule has 3 nitrogen and oxygen atoms in total. The second kappa shape index (κ2) is 4.98. The average molecular weight is 233 g/mol. The molecule has 0 fully saturated rings. The average Bonchev–Trinajstić information content (AvgIpc) is 2.22. The summed E-state index contributed by atoms with van der Waals surface area (Å²) in [4.78, 5) is 10.5. The molecule has 0 bridgehead atoms. The molecule has 0 saturated heterocycles. The van der Waals surface area contributed by atoms with Crippen LogP contribution in [0.2, 0.25) is 0 Å². The molecule has 88 valence electrons. The van der Waals surface area contributed by atoms with Crippen LogP contribution in [0, 0.1) is 17.5 Å². The van der Waals surface area contributed by atoms with Crippen molar-refractivity contribution >= 4 is 5.97 Å². The lowest BCUT2D eigenvalue weighted by Crippen LogP contribution is -2.19. The van der Waals surface area contributed by atoms with Gasteiger partial charge in [-0.15, -0.1) is 0 Å². The van der Waals surface area contributed by atoms with Crippen LogP contribution in [0.15, 0.2) is 12.1 Å². The number of carboxylic acid groups (broad SMARTS) is 1. The van der Waals surface area contributed by atoms with E-state index in [1.807, 2.05) is 0 Å². The Bertz CT molecular complexity index is 409. The molecule has 6 heteroatoms. The first kappa shape index (κ1) is 12.5. The van der Waals surface area contributed by atoms with E-state index in [4.69, 9.17) is 10.8 Å². The lowest BCUT2D eigenvalue weighted by molar-refractivity contribution is -0.137. The molecular formula is C10H10F3NO2. The van der Waals surface area contributed by atoms with Crippen LogP contribution >= 0.6 is 0 Å². The van der Waals surface area contributed by atoms with Crippen LogP contribution in [-0.2, 0) is 4.79 Å². The summed E-state index contributed by atoms with van der Waals surface area (Å²) in [7, 11) is 0. The van der Waals surface area contributed by atoms with E-state index >= 15 is 0 Å². The fourth-order valence-corrected chi connectivity index (χ4v) is 1.43. The van der Waals surface area contributed by atoms with Gasteiger partial charge in [0.2, 0.25) is 0 Å². The van der Waals surface area contributed by atoms with Crippen molar-refractivity contribution in [2.24, 2.45) is 5.73 Å². The van der Waals surface area contributed by atoms with E-state index in [0.717, 1.165) is 6.07 Å². The third-order valence-corrected chi connectivity index (χ3v) is 2.19. The Hall–Kier alpha value is -1.56. The summed E-state index contributed by atoms with van der Waals surface area (Å²) in [5.74, 6) is -5.92. The predicted octanol–water partition coefficient (Wildman–Crippen LogP) is 1.62. The number of carbonyl (C=O) groups is 1. The number of nitrogens with two attached hydrogens (primary N) is 1. The largest absolute Gasteiger partial charge is 0.481 e. The third kappa shape index (κ3) is 2.52. The molecule has 0 spiro atoms. The molecule has 1 unspecified atom stereocenters. The molecule has 1 aromatic carbocycles. The molecule has 3 N–H and O–H groups in total. The normalized spacial score (nSPS) is 12.5. The number of hydrogen-bond donors (Lipinski definition) is 2. The van der Waals surface area contributed by atoms with Crippen LogP contribution in [0.1, 0.15) is 17.9 Å². The molecule has 1 atom stereocenters. The minimum atomic E-state index is -1.38. The zero-order chi connectivity index (χ0) is 12.3. The number of rotatable bonds is 4. The van der Waals surface area contributed by atoms with Crippen molar-refractivity contribution in [2.75, 3.05) is 6.54 Å². The van der Waals surface area contributed by atoms with Gasteiger partial charge in [-0.1, -0.05) is 0 Å². The van der Waals surface area contributed by atoms with Gasteiger partial charge in [0.25, 0.3) is 0 Å². The number of carboxylic acids is 1. The minimum absolute atomic E-state index is 0.274. The van der Waals surface area contributed by atoms with E-state index in [1.165, 1.54) is 0 Å². The number of benzene rings is 1. The van der Waals surface area contributed by atoms with Gasteiger partial charge in [0, 0.05) is 11.5 Å². The van der Waals surface area contributed by atoms with E-state index in [0.29, 0.717) is 6.07 Å². The van der Waals surface area contributed by atoms with Crippen molar-refractivity contribution in [3.8, 4) is 0 Å².